The number of nitrogens with zero attached hydrogens (tertiary/aromatic N) is 3. The number of aromatic nitrogens is 2. The summed E-state index contributed by atoms with van der Waals surface area (Å²) in [5, 5.41) is 3.29. The van der Waals surface area contributed by atoms with E-state index in [2.05, 4.69) is 20.3 Å². The van der Waals surface area contributed by atoms with Crippen molar-refractivity contribution in [1.82, 2.24) is 9.97 Å². The minimum Gasteiger partial charge on any atom is -0.495 e. The molecule has 1 N–H and O–H groups in total. The molecule has 0 atom stereocenters. The fraction of sp³-hybridized carbons (Fsp3) is 0.150. The second-order valence-electron chi connectivity index (χ2n) is 6.05. The maximum absolute atomic E-state index is 14.1. The highest BCUT2D eigenvalue weighted by Gasteiger charge is 2.15. The van der Waals surface area contributed by atoms with Crippen LogP contribution >= 0.6 is 0 Å². The van der Waals surface area contributed by atoms with E-state index in [0.29, 0.717) is 29.5 Å². The molecule has 0 aliphatic carbocycles. The van der Waals surface area contributed by atoms with Gasteiger partial charge in [-0.3, -0.25) is 4.99 Å². The van der Waals surface area contributed by atoms with Gasteiger partial charge in [0.2, 0.25) is 0 Å². The molecule has 1 aromatic heterocycles. The van der Waals surface area contributed by atoms with E-state index >= 15 is 0 Å². The topological polar surface area (TPSA) is 59.4 Å². The summed E-state index contributed by atoms with van der Waals surface area (Å²) in [6, 6.07) is 10.4. The van der Waals surface area contributed by atoms with Crippen LogP contribution < -0.4 is 10.1 Å². The van der Waals surface area contributed by atoms with Crippen LogP contribution in [0.3, 0.4) is 0 Å². The SMILES string of the molecule is COc1cc2c(cc1Nc1nc(-c3ccccc3F)ncc1C)C=NC2. The molecule has 5 nitrogen and oxygen atoms in total. The lowest BCUT2D eigenvalue weighted by Crippen LogP contribution is -2.03. The number of rotatable bonds is 4. The summed E-state index contributed by atoms with van der Waals surface area (Å²) in [6.07, 6.45) is 3.52. The summed E-state index contributed by atoms with van der Waals surface area (Å²) in [7, 11) is 1.63. The number of nitrogens with one attached hydrogen (secondary N) is 1. The second-order valence-corrected chi connectivity index (χ2v) is 6.05. The fourth-order valence-electron chi connectivity index (χ4n) is 2.87. The molecule has 0 bridgehead atoms. The lowest BCUT2D eigenvalue weighted by atomic mass is 10.1. The quantitative estimate of drug-likeness (QED) is 0.765. The highest BCUT2D eigenvalue weighted by Crippen LogP contribution is 2.33. The zero-order chi connectivity index (χ0) is 18.1. The Hall–Kier alpha value is -3.28. The van der Waals surface area contributed by atoms with E-state index in [4.69, 9.17) is 4.74 Å². The molecule has 2 heterocycles. The maximum atomic E-state index is 14.1. The van der Waals surface area contributed by atoms with Gasteiger partial charge in [-0.15, -0.1) is 0 Å². The largest absolute Gasteiger partial charge is 0.495 e. The van der Waals surface area contributed by atoms with Gasteiger partial charge in [-0.1, -0.05) is 12.1 Å². The number of halogens is 1. The molecule has 0 fully saturated rings. The Labute approximate surface area is 150 Å². The lowest BCUT2D eigenvalue weighted by molar-refractivity contribution is 0.416. The number of ether oxygens (including phenoxy) is 1. The van der Waals surface area contributed by atoms with Crippen LogP contribution in [0.25, 0.3) is 11.4 Å². The van der Waals surface area contributed by atoms with E-state index in [1.807, 2.05) is 25.3 Å². The van der Waals surface area contributed by atoms with Crippen molar-refractivity contribution in [1.29, 1.82) is 0 Å². The number of anilines is 2. The summed E-state index contributed by atoms with van der Waals surface area (Å²) >= 11 is 0. The summed E-state index contributed by atoms with van der Waals surface area (Å²) < 4.78 is 19.6. The van der Waals surface area contributed by atoms with Crippen molar-refractivity contribution in [3.05, 3.63) is 65.1 Å². The average Bonchev–Trinajstić information content (AvgIpc) is 3.10. The van der Waals surface area contributed by atoms with Gasteiger partial charge >= 0.3 is 0 Å². The second kappa shape index (κ2) is 6.55. The van der Waals surface area contributed by atoms with Crippen molar-refractivity contribution in [3.8, 4) is 17.1 Å². The predicted molar refractivity (Wildman–Crippen MR) is 99.7 cm³/mol. The van der Waals surface area contributed by atoms with Gasteiger partial charge < -0.3 is 10.1 Å². The van der Waals surface area contributed by atoms with Gasteiger partial charge in [-0.25, -0.2) is 14.4 Å². The molecule has 0 unspecified atom stereocenters. The molecular weight excluding hydrogens is 331 g/mol. The van der Waals surface area contributed by atoms with Crippen molar-refractivity contribution < 1.29 is 9.13 Å². The summed E-state index contributed by atoms with van der Waals surface area (Å²) in [6.45, 7) is 2.56. The number of aryl methyl sites for hydroxylation is 1. The van der Waals surface area contributed by atoms with Crippen LogP contribution in [0, 0.1) is 12.7 Å². The van der Waals surface area contributed by atoms with Gasteiger partial charge in [-0.2, -0.15) is 0 Å². The number of methoxy groups -OCH3 is 1. The summed E-state index contributed by atoms with van der Waals surface area (Å²) in [5.74, 6) is 1.29. The average molecular weight is 348 g/mol. The lowest BCUT2D eigenvalue weighted by Gasteiger charge is -2.14. The molecule has 130 valence electrons. The minimum atomic E-state index is -0.353. The van der Waals surface area contributed by atoms with Crippen LogP contribution in [0.5, 0.6) is 5.75 Å². The molecule has 0 saturated heterocycles. The van der Waals surface area contributed by atoms with E-state index in [-0.39, 0.29) is 5.82 Å². The molecule has 0 amide bonds. The molecule has 1 aliphatic rings. The van der Waals surface area contributed by atoms with Crippen LogP contribution in [0.1, 0.15) is 16.7 Å². The predicted octanol–water partition coefficient (Wildman–Crippen LogP) is 4.28. The Morgan fingerprint density at radius 3 is 2.85 bits per heavy atom. The van der Waals surface area contributed by atoms with Crippen molar-refractivity contribution in [2.75, 3.05) is 12.4 Å². The van der Waals surface area contributed by atoms with E-state index in [1.165, 1.54) is 6.07 Å². The first kappa shape index (κ1) is 16.2. The molecule has 4 rings (SSSR count). The highest BCUT2D eigenvalue weighted by molar-refractivity contribution is 5.88. The summed E-state index contributed by atoms with van der Waals surface area (Å²) in [4.78, 5) is 13.1. The van der Waals surface area contributed by atoms with Crippen LogP contribution in [0.2, 0.25) is 0 Å². The Balaban J connectivity index is 1.74. The van der Waals surface area contributed by atoms with Gasteiger partial charge in [0, 0.05) is 18.0 Å². The number of aliphatic imine (C=N–C) groups is 1. The molecule has 6 heteroatoms. The molecule has 0 saturated carbocycles. The van der Waals surface area contributed by atoms with E-state index in [1.54, 1.807) is 31.5 Å². The van der Waals surface area contributed by atoms with Gasteiger partial charge in [0.15, 0.2) is 5.82 Å². The van der Waals surface area contributed by atoms with Gasteiger partial charge in [0.25, 0.3) is 0 Å². The van der Waals surface area contributed by atoms with Crippen molar-refractivity contribution in [2.45, 2.75) is 13.5 Å². The normalized spacial score (nSPS) is 12.1. The van der Waals surface area contributed by atoms with E-state index < -0.39 is 0 Å². The third-order valence-electron chi connectivity index (χ3n) is 4.29. The molecular formula is C20H17FN4O. The van der Waals surface area contributed by atoms with Gasteiger partial charge in [-0.05, 0) is 42.3 Å². The monoisotopic (exact) mass is 348 g/mol. The fourth-order valence-corrected chi connectivity index (χ4v) is 2.87. The first-order valence-corrected chi connectivity index (χ1v) is 8.22. The third-order valence-corrected chi connectivity index (χ3v) is 4.29. The standard InChI is InChI=1S/C20H17FN4O/c1-12-9-23-20(15-5-3-4-6-16(15)21)25-19(12)24-17-7-13-10-22-11-14(13)8-18(17)26-2/h3-10H,11H2,1-2H3,(H,23,24,25). The number of hydrogen-bond acceptors (Lipinski definition) is 5. The first-order chi connectivity index (χ1) is 12.7. The van der Waals surface area contributed by atoms with Crippen LogP contribution in [-0.4, -0.2) is 23.3 Å². The smallest absolute Gasteiger partial charge is 0.164 e. The van der Waals surface area contributed by atoms with Crippen LogP contribution in [-0.2, 0) is 6.54 Å². The number of benzene rings is 2. The number of hydrogen-bond donors (Lipinski definition) is 1. The van der Waals surface area contributed by atoms with Crippen molar-refractivity contribution in [2.24, 2.45) is 4.99 Å². The Kier molecular flexibility index (Phi) is 4.08. The van der Waals surface area contributed by atoms with Crippen LogP contribution in [0.4, 0.5) is 15.9 Å². The Morgan fingerprint density at radius 1 is 1.19 bits per heavy atom. The van der Waals surface area contributed by atoms with Crippen LogP contribution in [0.15, 0.2) is 47.6 Å². The van der Waals surface area contributed by atoms with E-state index in [0.717, 1.165) is 22.4 Å². The molecule has 0 radical (unpaired) electrons. The third kappa shape index (κ3) is 2.90. The first-order valence-electron chi connectivity index (χ1n) is 8.22. The Bertz CT molecular complexity index is 1020. The maximum Gasteiger partial charge on any atom is 0.164 e. The van der Waals surface area contributed by atoms with Crippen molar-refractivity contribution >= 4 is 17.7 Å². The highest BCUT2D eigenvalue weighted by atomic mass is 19.1. The zero-order valence-electron chi connectivity index (χ0n) is 14.5. The van der Waals surface area contributed by atoms with Crippen molar-refractivity contribution in [3.63, 3.8) is 0 Å². The molecule has 1 aliphatic heterocycles. The molecule has 2 aromatic carbocycles. The van der Waals surface area contributed by atoms with Gasteiger partial charge in [0.05, 0.1) is 24.9 Å². The molecule has 3 aromatic rings. The Morgan fingerprint density at radius 2 is 2.04 bits per heavy atom. The van der Waals surface area contributed by atoms with Gasteiger partial charge in [0.1, 0.15) is 17.4 Å². The minimum absolute atomic E-state index is 0.331. The van der Waals surface area contributed by atoms with E-state index in [9.17, 15) is 4.39 Å². The molecule has 0 spiro atoms. The summed E-state index contributed by atoms with van der Waals surface area (Å²) in [5.41, 5.74) is 4.17. The zero-order valence-corrected chi connectivity index (χ0v) is 14.5. The number of fused-ring (bicyclic) bond motifs is 1. The molecule has 26 heavy (non-hydrogen) atoms.